The standard InChI is InChI=1S/C24H30FN3O3/c1-16-13-28(14-17(2)31-16)15-19-3-7-20(8-4-19)24(30)27-12-21(23(26)29)11-18-5-9-22(25)10-6-18/h3-10,16-17,21H,11-15H2,1-2H3,(H2,26,29)(H,27,30). The van der Waals surface area contributed by atoms with E-state index in [1.165, 1.54) is 12.1 Å². The van der Waals surface area contributed by atoms with Gasteiger partial charge in [-0.05, 0) is 55.7 Å². The van der Waals surface area contributed by atoms with Crippen LogP contribution in [0.25, 0.3) is 0 Å². The summed E-state index contributed by atoms with van der Waals surface area (Å²) in [6.07, 6.45) is 0.759. The smallest absolute Gasteiger partial charge is 0.251 e. The summed E-state index contributed by atoms with van der Waals surface area (Å²) < 4.78 is 18.8. The van der Waals surface area contributed by atoms with E-state index in [0.29, 0.717) is 12.0 Å². The van der Waals surface area contributed by atoms with Crippen molar-refractivity contribution >= 4 is 11.8 Å². The molecular formula is C24H30FN3O3. The zero-order chi connectivity index (χ0) is 22.4. The highest BCUT2D eigenvalue weighted by Gasteiger charge is 2.22. The van der Waals surface area contributed by atoms with Gasteiger partial charge in [0, 0.05) is 31.7 Å². The van der Waals surface area contributed by atoms with Gasteiger partial charge in [-0.2, -0.15) is 0 Å². The van der Waals surface area contributed by atoms with E-state index in [-0.39, 0.29) is 30.5 Å². The Bertz CT molecular complexity index is 876. The molecule has 3 unspecified atom stereocenters. The van der Waals surface area contributed by atoms with Crippen LogP contribution in [0.5, 0.6) is 0 Å². The zero-order valence-electron chi connectivity index (χ0n) is 18.0. The monoisotopic (exact) mass is 427 g/mol. The Hall–Kier alpha value is -2.77. The first-order chi connectivity index (χ1) is 14.8. The maximum absolute atomic E-state index is 13.1. The van der Waals surface area contributed by atoms with Gasteiger partial charge in [-0.15, -0.1) is 0 Å². The fourth-order valence-corrected chi connectivity index (χ4v) is 3.93. The number of hydrogen-bond acceptors (Lipinski definition) is 4. The Morgan fingerprint density at radius 2 is 1.65 bits per heavy atom. The van der Waals surface area contributed by atoms with Crippen LogP contribution in [0.15, 0.2) is 48.5 Å². The summed E-state index contributed by atoms with van der Waals surface area (Å²) >= 11 is 0. The van der Waals surface area contributed by atoms with Crippen LogP contribution in [0.2, 0.25) is 0 Å². The summed E-state index contributed by atoms with van der Waals surface area (Å²) in [6, 6.07) is 13.4. The summed E-state index contributed by atoms with van der Waals surface area (Å²) in [5.41, 5.74) is 7.93. The van der Waals surface area contributed by atoms with E-state index < -0.39 is 11.8 Å². The summed E-state index contributed by atoms with van der Waals surface area (Å²) in [5.74, 6) is -1.67. The van der Waals surface area contributed by atoms with Gasteiger partial charge in [0.25, 0.3) is 5.91 Å². The number of primary amides is 1. The molecule has 3 atom stereocenters. The van der Waals surface area contributed by atoms with E-state index in [4.69, 9.17) is 10.5 Å². The van der Waals surface area contributed by atoms with Gasteiger partial charge in [-0.25, -0.2) is 4.39 Å². The fourth-order valence-electron chi connectivity index (χ4n) is 3.93. The third-order valence-corrected chi connectivity index (χ3v) is 5.42. The molecule has 1 saturated heterocycles. The van der Waals surface area contributed by atoms with E-state index in [0.717, 1.165) is 30.8 Å². The summed E-state index contributed by atoms with van der Waals surface area (Å²) in [7, 11) is 0. The molecule has 3 N–H and O–H groups in total. The van der Waals surface area contributed by atoms with Gasteiger partial charge in [0.2, 0.25) is 5.91 Å². The molecule has 31 heavy (non-hydrogen) atoms. The van der Waals surface area contributed by atoms with Gasteiger partial charge in [-0.3, -0.25) is 14.5 Å². The van der Waals surface area contributed by atoms with Crippen molar-refractivity contribution in [3.63, 3.8) is 0 Å². The first-order valence-corrected chi connectivity index (χ1v) is 10.6. The third-order valence-electron chi connectivity index (χ3n) is 5.42. The molecule has 1 aliphatic heterocycles. The SMILES string of the molecule is CC1CN(Cc2ccc(C(=O)NCC(Cc3ccc(F)cc3)C(N)=O)cc2)CC(C)O1. The number of hydrogen-bond donors (Lipinski definition) is 2. The highest BCUT2D eigenvalue weighted by Crippen LogP contribution is 2.15. The number of carbonyl (C=O) groups is 2. The lowest BCUT2D eigenvalue weighted by molar-refractivity contribution is -0.121. The molecule has 0 aliphatic carbocycles. The third kappa shape index (κ3) is 6.87. The molecule has 0 spiro atoms. The summed E-state index contributed by atoms with van der Waals surface area (Å²) in [6.45, 7) is 6.85. The van der Waals surface area contributed by atoms with Crippen molar-refractivity contribution in [2.24, 2.45) is 11.7 Å². The second kappa shape index (κ2) is 10.5. The highest BCUT2D eigenvalue weighted by molar-refractivity contribution is 5.94. The van der Waals surface area contributed by atoms with Crippen LogP contribution < -0.4 is 11.1 Å². The van der Waals surface area contributed by atoms with Crippen LogP contribution in [-0.2, 0) is 22.5 Å². The minimum absolute atomic E-state index is 0.122. The molecule has 1 heterocycles. The molecule has 1 aliphatic rings. The number of nitrogens with two attached hydrogens (primary N) is 1. The van der Waals surface area contributed by atoms with E-state index >= 15 is 0 Å². The number of ether oxygens (including phenoxy) is 1. The van der Waals surface area contributed by atoms with Crippen LogP contribution in [0.3, 0.4) is 0 Å². The predicted octanol–water partition coefficient (Wildman–Crippen LogP) is 2.51. The number of halogens is 1. The molecule has 3 rings (SSSR count). The Morgan fingerprint density at radius 1 is 1.06 bits per heavy atom. The first-order valence-electron chi connectivity index (χ1n) is 10.6. The van der Waals surface area contributed by atoms with Gasteiger partial charge in [0.05, 0.1) is 18.1 Å². The van der Waals surface area contributed by atoms with E-state index in [1.807, 2.05) is 12.1 Å². The molecule has 2 amide bonds. The second-order valence-corrected chi connectivity index (χ2v) is 8.29. The molecule has 7 heteroatoms. The number of nitrogens with one attached hydrogen (secondary N) is 1. The van der Waals surface area contributed by atoms with Crippen molar-refractivity contribution in [3.8, 4) is 0 Å². The summed E-state index contributed by atoms with van der Waals surface area (Å²) in [5, 5.41) is 2.78. The predicted molar refractivity (Wildman–Crippen MR) is 117 cm³/mol. The first kappa shape index (κ1) is 22.9. The Labute approximate surface area is 182 Å². The van der Waals surface area contributed by atoms with Gasteiger partial charge in [0.1, 0.15) is 5.82 Å². The lowest BCUT2D eigenvalue weighted by atomic mass is 9.98. The van der Waals surface area contributed by atoms with E-state index in [9.17, 15) is 14.0 Å². The Balaban J connectivity index is 1.53. The zero-order valence-corrected chi connectivity index (χ0v) is 18.0. The van der Waals surface area contributed by atoms with Crippen LogP contribution in [0.1, 0.15) is 35.3 Å². The van der Waals surface area contributed by atoms with Crippen molar-refractivity contribution in [2.45, 2.75) is 39.0 Å². The molecule has 0 saturated carbocycles. The second-order valence-electron chi connectivity index (χ2n) is 8.29. The van der Waals surface area contributed by atoms with Crippen LogP contribution >= 0.6 is 0 Å². The van der Waals surface area contributed by atoms with Crippen molar-refractivity contribution in [1.82, 2.24) is 10.2 Å². The normalized spacial score (nSPS) is 20.2. The van der Waals surface area contributed by atoms with Crippen molar-refractivity contribution in [3.05, 3.63) is 71.0 Å². The average Bonchev–Trinajstić information content (AvgIpc) is 2.72. The maximum atomic E-state index is 13.1. The molecule has 166 valence electrons. The lowest BCUT2D eigenvalue weighted by Crippen LogP contribution is -2.44. The number of amides is 2. The average molecular weight is 428 g/mol. The minimum Gasteiger partial charge on any atom is -0.373 e. The number of carbonyl (C=O) groups excluding carboxylic acids is 2. The number of rotatable bonds is 8. The topological polar surface area (TPSA) is 84.7 Å². The van der Waals surface area contributed by atoms with E-state index in [1.54, 1.807) is 24.3 Å². The number of benzene rings is 2. The van der Waals surface area contributed by atoms with Crippen molar-refractivity contribution < 1.29 is 18.7 Å². The molecular weight excluding hydrogens is 397 g/mol. The lowest BCUT2D eigenvalue weighted by Gasteiger charge is -2.35. The van der Waals surface area contributed by atoms with Gasteiger partial charge in [0.15, 0.2) is 0 Å². The molecule has 6 nitrogen and oxygen atoms in total. The van der Waals surface area contributed by atoms with Crippen LogP contribution in [-0.4, -0.2) is 48.6 Å². The van der Waals surface area contributed by atoms with Crippen LogP contribution in [0.4, 0.5) is 4.39 Å². The minimum atomic E-state index is -0.570. The quantitative estimate of drug-likeness (QED) is 0.678. The highest BCUT2D eigenvalue weighted by atomic mass is 19.1. The van der Waals surface area contributed by atoms with Gasteiger partial charge in [-0.1, -0.05) is 24.3 Å². The van der Waals surface area contributed by atoms with Crippen molar-refractivity contribution in [1.29, 1.82) is 0 Å². The van der Waals surface area contributed by atoms with Gasteiger partial charge >= 0.3 is 0 Å². The summed E-state index contributed by atoms with van der Waals surface area (Å²) in [4.78, 5) is 26.6. The Morgan fingerprint density at radius 3 is 2.23 bits per heavy atom. The molecule has 2 aromatic rings. The molecule has 0 bridgehead atoms. The number of nitrogens with zero attached hydrogens (tertiary/aromatic N) is 1. The molecule has 2 aromatic carbocycles. The fraction of sp³-hybridized carbons (Fsp3) is 0.417. The number of morpholine rings is 1. The largest absolute Gasteiger partial charge is 0.373 e. The Kier molecular flexibility index (Phi) is 7.76. The van der Waals surface area contributed by atoms with Crippen molar-refractivity contribution in [2.75, 3.05) is 19.6 Å². The molecule has 0 aromatic heterocycles. The maximum Gasteiger partial charge on any atom is 0.251 e. The van der Waals surface area contributed by atoms with Crippen LogP contribution in [0, 0.1) is 11.7 Å². The molecule has 1 fully saturated rings. The van der Waals surface area contributed by atoms with E-state index in [2.05, 4.69) is 24.1 Å². The van der Waals surface area contributed by atoms with Gasteiger partial charge < -0.3 is 15.8 Å². The molecule has 0 radical (unpaired) electrons.